The second-order valence-electron chi connectivity index (χ2n) is 3.89. The van der Waals surface area contributed by atoms with Crippen molar-refractivity contribution in [1.82, 2.24) is 0 Å². The average molecular weight is 238 g/mol. The first-order valence-corrected chi connectivity index (χ1v) is 5.03. The van der Waals surface area contributed by atoms with E-state index in [9.17, 15) is 19.8 Å². The van der Waals surface area contributed by atoms with Crippen molar-refractivity contribution < 1.29 is 19.8 Å². The number of aliphatic carboxylic acids is 2. The SMILES string of the molecule is O=C([O-])C1CCC1.O=C([O-])C1CCC1.[Ca+2]. The summed E-state index contributed by atoms with van der Waals surface area (Å²) in [5, 5.41) is 19.7. The van der Waals surface area contributed by atoms with Gasteiger partial charge in [0.15, 0.2) is 0 Å². The summed E-state index contributed by atoms with van der Waals surface area (Å²) < 4.78 is 0. The van der Waals surface area contributed by atoms with Gasteiger partial charge in [0, 0.05) is 11.9 Å². The molecule has 0 atom stereocenters. The third-order valence-corrected chi connectivity index (χ3v) is 2.88. The largest absolute Gasteiger partial charge is 2.00 e. The summed E-state index contributed by atoms with van der Waals surface area (Å²) in [6.45, 7) is 0. The summed E-state index contributed by atoms with van der Waals surface area (Å²) in [5.41, 5.74) is 0. The third kappa shape index (κ3) is 5.18. The molecule has 2 aliphatic rings. The van der Waals surface area contributed by atoms with E-state index in [2.05, 4.69) is 0 Å². The van der Waals surface area contributed by atoms with Crippen LogP contribution in [0.5, 0.6) is 0 Å². The fourth-order valence-corrected chi connectivity index (χ4v) is 1.29. The van der Waals surface area contributed by atoms with E-state index >= 15 is 0 Å². The first-order valence-electron chi connectivity index (χ1n) is 5.03. The number of carbonyl (C=O) groups is 2. The van der Waals surface area contributed by atoms with E-state index in [1.807, 2.05) is 0 Å². The summed E-state index contributed by atoms with van der Waals surface area (Å²) in [6.07, 6.45) is 5.48. The summed E-state index contributed by atoms with van der Waals surface area (Å²) in [4.78, 5) is 19.7. The normalized spacial score (nSPS) is 19.7. The maximum Gasteiger partial charge on any atom is 2.00 e. The molecule has 0 N–H and O–H groups in total. The monoisotopic (exact) mass is 238 g/mol. The summed E-state index contributed by atoms with van der Waals surface area (Å²) >= 11 is 0. The van der Waals surface area contributed by atoms with Crippen LogP contribution in [-0.2, 0) is 9.59 Å². The second-order valence-corrected chi connectivity index (χ2v) is 3.89. The van der Waals surface area contributed by atoms with Crippen molar-refractivity contribution in [2.45, 2.75) is 38.5 Å². The van der Waals surface area contributed by atoms with Crippen molar-refractivity contribution in [3.63, 3.8) is 0 Å². The number of rotatable bonds is 2. The van der Waals surface area contributed by atoms with Crippen LogP contribution in [0.25, 0.3) is 0 Å². The molecule has 80 valence electrons. The van der Waals surface area contributed by atoms with Gasteiger partial charge in [0.2, 0.25) is 0 Å². The molecule has 5 heteroatoms. The molecule has 0 aromatic heterocycles. The second kappa shape index (κ2) is 7.47. The molecule has 2 rings (SSSR count). The zero-order valence-electron chi connectivity index (χ0n) is 8.74. The Morgan fingerprint density at radius 3 is 1.07 bits per heavy atom. The summed E-state index contributed by atoms with van der Waals surface area (Å²) in [5.74, 6) is -1.96. The Morgan fingerprint density at radius 1 is 0.800 bits per heavy atom. The maximum absolute atomic E-state index is 9.87. The van der Waals surface area contributed by atoms with Crippen LogP contribution in [0, 0.1) is 11.8 Å². The fourth-order valence-electron chi connectivity index (χ4n) is 1.29. The van der Waals surface area contributed by atoms with Gasteiger partial charge in [-0.1, -0.05) is 12.8 Å². The standard InChI is InChI=1S/2C5H8O2.Ca/c2*6-5(7)4-2-1-3-4;/h2*4H,1-3H2,(H,6,7);/q;;+2/p-2. The Labute approximate surface area is 119 Å². The smallest absolute Gasteiger partial charge is 0.550 e. The molecule has 0 bridgehead atoms. The molecule has 0 saturated heterocycles. The zero-order chi connectivity index (χ0) is 10.6. The molecule has 0 spiro atoms. The molecule has 0 aliphatic heterocycles. The molecular formula is C10H14CaO4. The molecule has 0 aromatic rings. The minimum Gasteiger partial charge on any atom is -0.550 e. The van der Waals surface area contributed by atoms with E-state index in [1.54, 1.807) is 0 Å². The van der Waals surface area contributed by atoms with Crippen molar-refractivity contribution in [2.24, 2.45) is 11.8 Å². The average Bonchev–Trinajstić information content (AvgIpc) is 1.74. The van der Waals surface area contributed by atoms with Gasteiger partial charge in [0.1, 0.15) is 0 Å². The van der Waals surface area contributed by atoms with Crippen molar-refractivity contribution >= 4 is 49.7 Å². The molecule has 2 saturated carbocycles. The van der Waals surface area contributed by atoms with Gasteiger partial charge in [-0.05, 0) is 37.5 Å². The topological polar surface area (TPSA) is 80.3 Å². The van der Waals surface area contributed by atoms with Crippen LogP contribution in [0.3, 0.4) is 0 Å². The number of hydrogen-bond donors (Lipinski definition) is 0. The Kier molecular flexibility index (Phi) is 7.57. The minimum absolute atomic E-state index is 0. The van der Waals surface area contributed by atoms with E-state index in [4.69, 9.17) is 0 Å². The van der Waals surface area contributed by atoms with E-state index in [1.165, 1.54) is 0 Å². The van der Waals surface area contributed by atoms with Gasteiger partial charge in [-0.25, -0.2) is 0 Å². The van der Waals surface area contributed by atoms with Crippen molar-refractivity contribution in [2.75, 3.05) is 0 Å². The number of hydrogen-bond acceptors (Lipinski definition) is 4. The molecule has 0 aromatic carbocycles. The van der Waals surface area contributed by atoms with Crippen LogP contribution in [0.2, 0.25) is 0 Å². The predicted molar refractivity (Wildman–Crippen MR) is 50.5 cm³/mol. The predicted octanol–water partition coefficient (Wildman–Crippen LogP) is -1.31. The fraction of sp³-hybridized carbons (Fsp3) is 0.800. The van der Waals surface area contributed by atoms with Crippen LogP contribution >= 0.6 is 0 Å². The Hall–Kier alpha value is 0.200. The number of carboxylic acids is 2. The first kappa shape index (κ1) is 15.2. The van der Waals surface area contributed by atoms with E-state index in [-0.39, 0.29) is 49.6 Å². The Bertz CT molecular complexity index is 197. The van der Waals surface area contributed by atoms with E-state index in [0.29, 0.717) is 0 Å². The maximum atomic E-state index is 9.87. The quantitative estimate of drug-likeness (QED) is 0.560. The van der Waals surface area contributed by atoms with E-state index < -0.39 is 11.9 Å². The van der Waals surface area contributed by atoms with Crippen molar-refractivity contribution in [3.8, 4) is 0 Å². The first-order chi connectivity index (χ1) is 6.61. The van der Waals surface area contributed by atoms with Crippen LogP contribution in [0.15, 0.2) is 0 Å². The van der Waals surface area contributed by atoms with Gasteiger partial charge >= 0.3 is 37.7 Å². The molecule has 15 heavy (non-hydrogen) atoms. The van der Waals surface area contributed by atoms with Crippen LogP contribution in [0.1, 0.15) is 38.5 Å². The molecule has 0 unspecified atom stereocenters. The van der Waals surface area contributed by atoms with E-state index in [0.717, 1.165) is 38.5 Å². The van der Waals surface area contributed by atoms with Gasteiger partial charge in [0.05, 0.1) is 0 Å². The molecule has 2 aliphatic carbocycles. The summed E-state index contributed by atoms with van der Waals surface area (Å²) in [7, 11) is 0. The van der Waals surface area contributed by atoms with Gasteiger partial charge < -0.3 is 19.8 Å². The molecule has 0 amide bonds. The van der Waals surface area contributed by atoms with Crippen LogP contribution < -0.4 is 10.2 Å². The van der Waals surface area contributed by atoms with Gasteiger partial charge in [-0.3, -0.25) is 0 Å². The van der Waals surface area contributed by atoms with Crippen LogP contribution in [-0.4, -0.2) is 49.7 Å². The van der Waals surface area contributed by atoms with Gasteiger partial charge in [-0.15, -0.1) is 0 Å². The molecule has 2 fully saturated rings. The van der Waals surface area contributed by atoms with Crippen molar-refractivity contribution in [1.29, 1.82) is 0 Å². The van der Waals surface area contributed by atoms with Gasteiger partial charge in [0.25, 0.3) is 0 Å². The van der Waals surface area contributed by atoms with Crippen molar-refractivity contribution in [3.05, 3.63) is 0 Å². The minimum atomic E-state index is -0.869. The molecule has 4 nitrogen and oxygen atoms in total. The van der Waals surface area contributed by atoms with Gasteiger partial charge in [-0.2, -0.15) is 0 Å². The number of carboxylic acid groups (broad SMARTS) is 2. The molecule has 0 radical (unpaired) electrons. The number of carbonyl (C=O) groups excluding carboxylic acids is 2. The molecule has 0 heterocycles. The Morgan fingerprint density at radius 2 is 1.07 bits per heavy atom. The Balaban J connectivity index is 0.000000245. The summed E-state index contributed by atoms with van der Waals surface area (Å²) in [6, 6.07) is 0. The third-order valence-electron chi connectivity index (χ3n) is 2.88. The van der Waals surface area contributed by atoms with Crippen LogP contribution in [0.4, 0.5) is 0 Å². The zero-order valence-corrected chi connectivity index (χ0v) is 10.9. The molecular weight excluding hydrogens is 224 g/mol.